The van der Waals surface area contributed by atoms with Crippen molar-refractivity contribution in [3.8, 4) is 5.75 Å². The second-order valence-corrected chi connectivity index (χ2v) is 6.12. The molecular weight excluding hydrogens is 365 g/mol. The van der Waals surface area contributed by atoms with Crippen LogP contribution in [-0.4, -0.2) is 23.8 Å². The predicted molar refractivity (Wildman–Crippen MR) is 100 cm³/mol. The average Bonchev–Trinajstić information content (AvgIpc) is 2.67. The van der Waals surface area contributed by atoms with Crippen LogP contribution in [0.2, 0.25) is 0 Å². The zero-order valence-electron chi connectivity index (χ0n) is 15.6. The molecule has 0 unspecified atom stereocenters. The van der Waals surface area contributed by atoms with E-state index >= 15 is 0 Å². The molecule has 28 heavy (non-hydrogen) atoms. The lowest BCUT2D eigenvalue weighted by Gasteiger charge is -2.19. The van der Waals surface area contributed by atoms with Gasteiger partial charge in [-0.25, -0.2) is 4.39 Å². The molecule has 2 atom stereocenters. The van der Waals surface area contributed by atoms with Crippen molar-refractivity contribution in [1.29, 1.82) is 0 Å². The van der Waals surface area contributed by atoms with Crippen LogP contribution in [0.25, 0.3) is 0 Å². The van der Waals surface area contributed by atoms with Gasteiger partial charge in [0.05, 0.1) is 12.5 Å². The van der Waals surface area contributed by atoms with Gasteiger partial charge >= 0.3 is 0 Å². The number of hydrogen-bond donors (Lipinski definition) is 3. The number of hydrogen-bond acceptors (Lipinski definition) is 4. The number of carbonyl (C=O) groups excluding carboxylic acids is 3. The van der Waals surface area contributed by atoms with Crippen LogP contribution in [0.1, 0.15) is 31.9 Å². The summed E-state index contributed by atoms with van der Waals surface area (Å²) in [7, 11) is 0. The quantitative estimate of drug-likeness (QED) is 0.633. The Bertz CT molecular complexity index is 812. The maximum Gasteiger partial charge on any atom is 0.279 e. The van der Waals surface area contributed by atoms with E-state index < -0.39 is 29.8 Å². The van der Waals surface area contributed by atoms with Crippen LogP contribution in [0.15, 0.2) is 54.6 Å². The van der Waals surface area contributed by atoms with Gasteiger partial charge in [0, 0.05) is 6.92 Å². The maximum atomic E-state index is 12.9. The number of nitrogens with one attached hydrogen (secondary N) is 3. The van der Waals surface area contributed by atoms with E-state index in [-0.39, 0.29) is 12.3 Å². The first-order valence-electron chi connectivity index (χ1n) is 8.68. The summed E-state index contributed by atoms with van der Waals surface area (Å²) in [6, 6.07) is 13.7. The second-order valence-electron chi connectivity index (χ2n) is 6.12. The van der Waals surface area contributed by atoms with Crippen LogP contribution in [0.3, 0.4) is 0 Å². The summed E-state index contributed by atoms with van der Waals surface area (Å²) in [6.45, 7) is 2.86. The molecule has 0 saturated heterocycles. The van der Waals surface area contributed by atoms with Crippen molar-refractivity contribution >= 4 is 17.7 Å². The Balaban J connectivity index is 1.86. The summed E-state index contributed by atoms with van der Waals surface area (Å²) in [6.07, 6.45) is -0.970. The van der Waals surface area contributed by atoms with Gasteiger partial charge in [-0.2, -0.15) is 0 Å². The number of amides is 3. The first kappa shape index (κ1) is 20.9. The molecule has 0 aliphatic heterocycles. The van der Waals surface area contributed by atoms with Crippen LogP contribution in [0, 0.1) is 5.82 Å². The van der Waals surface area contributed by atoms with E-state index in [2.05, 4.69) is 16.2 Å². The Kier molecular flexibility index (Phi) is 7.50. The Morgan fingerprint density at radius 1 is 1.00 bits per heavy atom. The molecule has 148 valence electrons. The lowest BCUT2D eigenvalue weighted by molar-refractivity contribution is -0.133. The Hall–Kier alpha value is -3.42. The van der Waals surface area contributed by atoms with Crippen LogP contribution in [0.5, 0.6) is 5.75 Å². The van der Waals surface area contributed by atoms with E-state index in [1.165, 1.54) is 38.1 Å². The van der Waals surface area contributed by atoms with E-state index in [1.807, 2.05) is 6.07 Å². The topological polar surface area (TPSA) is 96.5 Å². The predicted octanol–water partition coefficient (Wildman–Crippen LogP) is 2.01. The van der Waals surface area contributed by atoms with Gasteiger partial charge in [0.2, 0.25) is 11.8 Å². The van der Waals surface area contributed by atoms with Crippen LogP contribution >= 0.6 is 0 Å². The summed E-state index contributed by atoms with van der Waals surface area (Å²) in [4.78, 5) is 35.6. The molecule has 2 rings (SSSR count). The highest BCUT2D eigenvalue weighted by Gasteiger charge is 2.19. The van der Waals surface area contributed by atoms with Crippen molar-refractivity contribution in [2.75, 3.05) is 0 Å². The largest absolute Gasteiger partial charge is 0.481 e. The number of rotatable bonds is 7. The molecule has 0 heterocycles. The molecule has 0 fully saturated rings. The van der Waals surface area contributed by atoms with Crippen LogP contribution < -0.4 is 20.9 Å². The molecule has 0 radical (unpaired) electrons. The van der Waals surface area contributed by atoms with Gasteiger partial charge in [-0.3, -0.25) is 25.2 Å². The molecule has 0 spiro atoms. The third-order valence-corrected chi connectivity index (χ3v) is 3.79. The normalized spacial score (nSPS) is 12.4. The van der Waals surface area contributed by atoms with E-state index in [1.54, 1.807) is 24.3 Å². The fourth-order valence-corrected chi connectivity index (χ4v) is 2.42. The maximum absolute atomic E-state index is 12.9. The molecule has 0 aliphatic rings. The highest BCUT2D eigenvalue weighted by Crippen LogP contribution is 2.16. The van der Waals surface area contributed by atoms with Crippen molar-refractivity contribution < 1.29 is 23.5 Å². The third kappa shape index (κ3) is 6.71. The van der Waals surface area contributed by atoms with Gasteiger partial charge in [0.1, 0.15) is 11.6 Å². The van der Waals surface area contributed by atoms with Crippen molar-refractivity contribution in [2.45, 2.75) is 32.4 Å². The number of carbonyl (C=O) groups is 3. The van der Waals surface area contributed by atoms with Crippen molar-refractivity contribution in [3.63, 3.8) is 0 Å². The lowest BCUT2D eigenvalue weighted by Crippen LogP contribution is -2.48. The van der Waals surface area contributed by atoms with Crippen molar-refractivity contribution in [2.24, 2.45) is 0 Å². The number of benzene rings is 2. The number of ether oxygens (including phenoxy) is 1. The Labute approximate surface area is 162 Å². The van der Waals surface area contributed by atoms with E-state index in [4.69, 9.17) is 4.74 Å². The summed E-state index contributed by atoms with van der Waals surface area (Å²) in [5, 5.41) is 2.71. The summed E-state index contributed by atoms with van der Waals surface area (Å²) in [5.41, 5.74) is 5.35. The molecule has 0 aliphatic carbocycles. The van der Waals surface area contributed by atoms with Crippen molar-refractivity contribution in [1.82, 2.24) is 16.2 Å². The van der Waals surface area contributed by atoms with Crippen LogP contribution in [0.4, 0.5) is 4.39 Å². The third-order valence-electron chi connectivity index (χ3n) is 3.79. The number of hydrazine groups is 1. The minimum atomic E-state index is -0.911. The van der Waals surface area contributed by atoms with Gasteiger partial charge < -0.3 is 10.1 Å². The highest BCUT2D eigenvalue weighted by atomic mass is 19.1. The molecule has 3 amide bonds. The molecule has 8 heteroatoms. The zero-order chi connectivity index (χ0) is 20.5. The number of halogens is 1. The Morgan fingerprint density at radius 3 is 2.25 bits per heavy atom. The summed E-state index contributed by atoms with van der Waals surface area (Å²) >= 11 is 0. The van der Waals surface area contributed by atoms with Gasteiger partial charge in [-0.15, -0.1) is 0 Å². The molecule has 0 aromatic heterocycles. The van der Waals surface area contributed by atoms with Crippen molar-refractivity contribution in [3.05, 3.63) is 66.0 Å². The molecule has 3 N–H and O–H groups in total. The first-order chi connectivity index (χ1) is 13.3. The van der Waals surface area contributed by atoms with Gasteiger partial charge in [0.15, 0.2) is 6.10 Å². The SMILES string of the molecule is CC(=O)N[C@@H](CC(=O)NNC(=O)[C@H](C)Oc1ccc(F)cc1)c1ccccc1. The first-order valence-corrected chi connectivity index (χ1v) is 8.68. The fourth-order valence-electron chi connectivity index (χ4n) is 2.42. The molecule has 7 nitrogen and oxygen atoms in total. The van der Waals surface area contributed by atoms with Gasteiger partial charge in [-0.05, 0) is 36.8 Å². The molecule has 2 aromatic rings. The van der Waals surface area contributed by atoms with Gasteiger partial charge in [-0.1, -0.05) is 30.3 Å². The van der Waals surface area contributed by atoms with E-state index in [0.717, 1.165) is 5.56 Å². The highest BCUT2D eigenvalue weighted by molar-refractivity contribution is 5.85. The second kappa shape index (κ2) is 10.1. The molecule has 0 saturated carbocycles. The average molecular weight is 387 g/mol. The van der Waals surface area contributed by atoms with E-state index in [0.29, 0.717) is 5.75 Å². The minimum absolute atomic E-state index is 0.0585. The minimum Gasteiger partial charge on any atom is -0.481 e. The Morgan fingerprint density at radius 2 is 1.64 bits per heavy atom. The monoisotopic (exact) mass is 387 g/mol. The van der Waals surface area contributed by atoms with Crippen LogP contribution in [-0.2, 0) is 14.4 Å². The standard InChI is InChI=1S/C20H22FN3O4/c1-13(28-17-10-8-16(21)9-11-17)20(27)24-23-19(26)12-18(22-14(2)25)15-6-4-3-5-7-15/h3-11,13,18H,12H2,1-2H3,(H,22,25)(H,23,26)(H,24,27)/t13-,18-/m0/s1. The zero-order valence-corrected chi connectivity index (χ0v) is 15.6. The molecular formula is C20H22FN3O4. The lowest BCUT2D eigenvalue weighted by atomic mass is 10.0. The molecule has 0 bridgehead atoms. The smallest absolute Gasteiger partial charge is 0.279 e. The molecule has 2 aromatic carbocycles. The summed E-state index contributed by atoms with van der Waals surface area (Å²) < 4.78 is 18.3. The fraction of sp³-hybridized carbons (Fsp3) is 0.250. The summed E-state index contributed by atoms with van der Waals surface area (Å²) in [5.74, 6) is -1.42. The van der Waals surface area contributed by atoms with Gasteiger partial charge in [0.25, 0.3) is 5.91 Å². The van der Waals surface area contributed by atoms with E-state index in [9.17, 15) is 18.8 Å².